The lowest BCUT2D eigenvalue weighted by Crippen LogP contribution is -2.49. The summed E-state index contributed by atoms with van der Waals surface area (Å²) in [6.45, 7) is 1.01. The summed E-state index contributed by atoms with van der Waals surface area (Å²) < 4.78 is 4.85. The smallest absolute Gasteiger partial charge is 0.309 e. The molecule has 134 valence electrons. The first-order valence-corrected chi connectivity index (χ1v) is 8.75. The summed E-state index contributed by atoms with van der Waals surface area (Å²) in [7, 11) is 0. The van der Waals surface area contributed by atoms with E-state index in [1.54, 1.807) is 17.3 Å². The van der Waals surface area contributed by atoms with Gasteiger partial charge in [0.15, 0.2) is 0 Å². The standard InChI is InChI=1S/C18H23N3O4/c22-16(20-11-15-10-17(23)25-15)12-21-9-1-2-14(18(21)24)4-3-13-5-7-19-8-6-13/h5-8,14-15H,1-4,9-12H2,(H,20,22)/t14-,15-/m0/s1. The molecule has 0 radical (unpaired) electrons. The van der Waals surface area contributed by atoms with Gasteiger partial charge in [-0.1, -0.05) is 0 Å². The van der Waals surface area contributed by atoms with E-state index in [1.807, 2.05) is 12.1 Å². The Kier molecular flexibility index (Phi) is 5.63. The molecule has 0 aliphatic carbocycles. The van der Waals surface area contributed by atoms with E-state index >= 15 is 0 Å². The van der Waals surface area contributed by atoms with Gasteiger partial charge in [-0.05, 0) is 43.4 Å². The van der Waals surface area contributed by atoms with Gasteiger partial charge in [0, 0.05) is 24.9 Å². The summed E-state index contributed by atoms with van der Waals surface area (Å²) in [6.07, 6.45) is 7.06. The topological polar surface area (TPSA) is 88.6 Å². The van der Waals surface area contributed by atoms with Gasteiger partial charge in [-0.25, -0.2) is 0 Å². The Morgan fingerprint density at radius 1 is 1.32 bits per heavy atom. The zero-order chi connectivity index (χ0) is 17.6. The van der Waals surface area contributed by atoms with Crippen LogP contribution in [0.4, 0.5) is 0 Å². The number of pyridine rings is 1. The molecule has 0 saturated carbocycles. The van der Waals surface area contributed by atoms with E-state index in [0.29, 0.717) is 19.5 Å². The monoisotopic (exact) mass is 345 g/mol. The number of hydrogen-bond donors (Lipinski definition) is 1. The van der Waals surface area contributed by atoms with Crippen molar-refractivity contribution in [2.75, 3.05) is 19.6 Å². The van der Waals surface area contributed by atoms with Crippen LogP contribution in [0.25, 0.3) is 0 Å². The van der Waals surface area contributed by atoms with E-state index in [4.69, 9.17) is 4.74 Å². The maximum atomic E-state index is 12.6. The van der Waals surface area contributed by atoms with E-state index in [0.717, 1.165) is 25.7 Å². The highest BCUT2D eigenvalue weighted by Gasteiger charge is 2.31. The van der Waals surface area contributed by atoms with Crippen LogP contribution in [-0.2, 0) is 25.5 Å². The van der Waals surface area contributed by atoms with Crippen LogP contribution in [0.15, 0.2) is 24.5 Å². The first-order valence-electron chi connectivity index (χ1n) is 8.75. The predicted molar refractivity (Wildman–Crippen MR) is 89.4 cm³/mol. The van der Waals surface area contributed by atoms with Crippen molar-refractivity contribution in [2.45, 2.75) is 38.2 Å². The SMILES string of the molecule is O=C(CN1CCC[C@@H](CCc2ccncc2)C1=O)NC[C@@H]1CC(=O)O1. The summed E-state index contributed by atoms with van der Waals surface area (Å²) >= 11 is 0. The van der Waals surface area contributed by atoms with Crippen LogP contribution >= 0.6 is 0 Å². The minimum Gasteiger partial charge on any atom is -0.460 e. The van der Waals surface area contributed by atoms with Crippen LogP contribution in [0, 0.1) is 5.92 Å². The Labute approximate surface area is 146 Å². The molecule has 2 saturated heterocycles. The molecule has 1 N–H and O–H groups in total. The second-order valence-corrected chi connectivity index (χ2v) is 6.61. The van der Waals surface area contributed by atoms with Crippen molar-refractivity contribution >= 4 is 17.8 Å². The summed E-state index contributed by atoms with van der Waals surface area (Å²) in [5, 5.41) is 2.73. The number of aromatic nitrogens is 1. The largest absolute Gasteiger partial charge is 0.460 e. The molecule has 0 spiro atoms. The highest BCUT2D eigenvalue weighted by molar-refractivity contribution is 5.86. The van der Waals surface area contributed by atoms with Crippen molar-refractivity contribution in [2.24, 2.45) is 5.92 Å². The normalized spacial score (nSPS) is 23.0. The van der Waals surface area contributed by atoms with Crippen LogP contribution in [0.1, 0.15) is 31.2 Å². The van der Waals surface area contributed by atoms with Gasteiger partial charge in [-0.3, -0.25) is 19.4 Å². The molecule has 2 aliphatic heterocycles. The fourth-order valence-corrected chi connectivity index (χ4v) is 3.27. The first kappa shape index (κ1) is 17.4. The molecule has 2 fully saturated rings. The summed E-state index contributed by atoms with van der Waals surface area (Å²) in [5.41, 5.74) is 1.17. The van der Waals surface area contributed by atoms with Gasteiger partial charge in [0.25, 0.3) is 0 Å². The molecule has 2 amide bonds. The number of cyclic esters (lactones) is 1. The number of rotatable bonds is 7. The molecule has 1 aromatic rings. The number of hydrogen-bond acceptors (Lipinski definition) is 5. The van der Waals surface area contributed by atoms with Crippen LogP contribution < -0.4 is 5.32 Å². The van der Waals surface area contributed by atoms with Crippen molar-refractivity contribution < 1.29 is 19.1 Å². The Morgan fingerprint density at radius 2 is 2.08 bits per heavy atom. The Hall–Kier alpha value is -2.44. The van der Waals surface area contributed by atoms with Gasteiger partial charge in [0.1, 0.15) is 6.10 Å². The first-order chi connectivity index (χ1) is 12.1. The highest BCUT2D eigenvalue weighted by atomic mass is 16.6. The van der Waals surface area contributed by atoms with Crippen LogP contribution in [0.2, 0.25) is 0 Å². The van der Waals surface area contributed by atoms with E-state index in [2.05, 4.69) is 10.3 Å². The number of esters is 1. The molecule has 0 aromatic carbocycles. The molecule has 3 rings (SSSR count). The Morgan fingerprint density at radius 3 is 2.80 bits per heavy atom. The number of carbonyl (C=O) groups is 3. The van der Waals surface area contributed by atoms with Crippen molar-refractivity contribution in [3.63, 3.8) is 0 Å². The molecular weight excluding hydrogens is 322 g/mol. The number of aryl methyl sites for hydroxylation is 1. The minimum absolute atomic E-state index is 0.0256. The lowest BCUT2D eigenvalue weighted by Gasteiger charge is -2.32. The number of likely N-dealkylation sites (tertiary alicyclic amines) is 1. The lowest BCUT2D eigenvalue weighted by molar-refractivity contribution is -0.169. The predicted octanol–water partition coefficient (Wildman–Crippen LogP) is 0.685. The maximum Gasteiger partial charge on any atom is 0.309 e. The summed E-state index contributed by atoms with van der Waals surface area (Å²) in [4.78, 5) is 41.0. The van der Waals surface area contributed by atoms with Gasteiger partial charge >= 0.3 is 5.97 Å². The van der Waals surface area contributed by atoms with Gasteiger partial charge in [0.2, 0.25) is 11.8 Å². The molecule has 0 bridgehead atoms. The Bertz CT molecular complexity index is 626. The number of ether oxygens (including phenoxy) is 1. The number of nitrogens with zero attached hydrogens (tertiary/aromatic N) is 2. The van der Waals surface area contributed by atoms with Crippen molar-refractivity contribution in [3.05, 3.63) is 30.1 Å². The fraction of sp³-hybridized carbons (Fsp3) is 0.556. The molecule has 0 unspecified atom stereocenters. The third-order valence-electron chi connectivity index (χ3n) is 4.73. The van der Waals surface area contributed by atoms with Gasteiger partial charge < -0.3 is 15.0 Å². The maximum absolute atomic E-state index is 12.6. The van der Waals surface area contributed by atoms with Crippen LogP contribution in [-0.4, -0.2) is 53.4 Å². The van der Waals surface area contributed by atoms with Crippen molar-refractivity contribution in [1.29, 1.82) is 0 Å². The zero-order valence-corrected chi connectivity index (χ0v) is 14.1. The quantitative estimate of drug-likeness (QED) is 0.734. The highest BCUT2D eigenvalue weighted by Crippen LogP contribution is 2.22. The Balaban J connectivity index is 1.43. The number of nitrogens with one attached hydrogen (secondary N) is 1. The second-order valence-electron chi connectivity index (χ2n) is 6.61. The number of piperidine rings is 1. The molecular formula is C18H23N3O4. The number of carbonyl (C=O) groups excluding carboxylic acids is 3. The fourth-order valence-electron chi connectivity index (χ4n) is 3.27. The molecule has 7 heteroatoms. The lowest BCUT2D eigenvalue weighted by atomic mass is 9.91. The van der Waals surface area contributed by atoms with Gasteiger partial charge in [-0.2, -0.15) is 0 Å². The average Bonchev–Trinajstić information content (AvgIpc) is 2.59. The van der Waals surface area contributed by atoms with E-state index in [9.17, 15) is 14.4 Å². The second kappa shape index (κ2) is 8.09. The summed E-state index contributed by atoms with van der Waals surface area (Å²) in [6, 6.07) is 3.93. The van der Waals surface area contributed by atoms with Crippen molar-refractivity contribution in [3.8, 4) is 0 Å². The van der Waals surface area contributed by atoms with Gasteiger partial charge in [-0.15, -0.1) is 0 Å². The minimum atomic E-state index is -0.234. The third-order valence-corrected chi connectivity index (χ3v) is 4.73. The molecule has 1 aromatic heterocycles. The van der Waals surface area contributed by atoms with E-state index in [-0.39, 0.29) is 36.4 Å². The zero-order valence-electron chi connectivity index (χ0n) is 14.1. The molecule has 2 atom stereocenters. The molecule has 25 heavy (non-hydrogen) atoms. The number of amides is 2. The molecule has 2 aliphatic rings. The van der Waals surface area contributed by atoms with Crippen molar-refractivity contribution in [1.82, 2.24) is 15.2 Å². The van der Waals surface area contributed by atoms with Gasteiger partial charge in [0.05, 0.1) is 19.5 Å². The van der Waals surface area contributed by atoms with E-state index in [1.165, 1.54) is 5.56 Å². The summed E-state index contributed by atoms with van der Waals surface area (Å²) in [5.74, 6) is -0.401. The molecule has 7 nitrogen and oxygen atoms in total. The average molecular weight is 345 g/mol. The van der Waals surface area contributed by atoms with Crippen LogP contribution in [0.5, 0.6) is 0 Å². The third kappa shape index (κ3) is 4.78. The molecule has 3 heterocycles. The van der Waals surface area contributed by atoms with Crippen LogP contribution in [0.3, 0.4) is 0 Å². The van der Waals surface area contributed by atoms with E-state index < -0.39 is 0 Å².